The van der Waals surface area contributed by atoms with Crippen LogP contribution in [0.15, 0.2) is 42.5 Å². The van der Waals surface area contributed by atoms with Gasteiger partial charge in [0.2, 0.25) is 0 Å². The van der Waals surface area contributed by atoms with Gasteiger partial charge < -0.3 is 5.11 Å². The fourth-order valence-electron chi connectivity index (χ4n) is 1.29. The molecule has 0 fully saturated rings. The summed E-state index contributed by atoms with van der Waals surface area (Å²) in [6.07, 6.45) is 4.08. The molecule has 0 bridgehead atoms. The summed E-state index contributed by atoms with van der Waals surface area (Å²) in [5.41, 5.74) is 0.650. The van der Waals surface area contributed by atoms with Gasteiger partial charge in [0.15, 0.2) is 5.78 Å². The van der Waals surface area contributed by atoms with Crippen molar-refractivity contribution in [3.05, 3.63) is 48.0 Å². The second-order valence-electron chi connectivity index (χ2n) is 3.45. The summed E-state index contributed by atoms with van der Waals surface area (Å²) in [4.78, 5) is 11.6. The maximum absolute atomic E-state index is 11.6. The van der Waals surface area contributed by atoms with Crippen molar-refractivity contribution in [1.82, 2.24) is 0 Å². The molecule has 15 heavy (non-hydrogen) atoms. The van der Waals surface area contributed by atoms with Gasteiger partial charge in [-0.2, -0.15) is 0 Å². The maximum atomic E-state index is 11.6. The molecule has 80 valence electrons. The molecule has 0 spiro atoms. The Morgan fingerprint density at radius 2 is 2.07 bits per heavy atom. The highest BCUT2D eigenvalue weighted by Gasteiger charge is 2.01. The highest BCUT2D eigenvalue weighted by molar-refractivity contribution is 6.04. The molecule has 0 aliphatic carbocycles. The first-order chi connectivity index (χ1) is 7.24. The number of aliphatic hydroxyl groups is 1. The van der Waals surface area contributed by atoms with Gasteiger partial charge in [-0.1, -0.05) is 49.8 Å². The van der Waals surface area contributed by atoms with Crippen molar-refractivity contribution < 1.29 is 9.90 Å². The van der Waals surface area contributed by atoms with Crippen LogP contribution in [-0.2, 0) is 0 Å². The number of hydrogen-bond donors (Lipinski definition) is 1. The summed E-state index contributed by atoms with van der Waals surface area (Å²) in [7, 11) is 0. The third-order valence-electron chi connectivity index (χ3n) is 2.11. The van der Waals surface area contributed by atoms with Crippen LogP contribution in [0.2, 0.25) is 0 Å². The summed E-state index contributed by atoms with van der Waals surface area (Å²) in [6, 6.07) is 9.04. The Morgan fingerprint density at radius 1 is 1.40 bits per heavy atom. The number of carbonyl (C=O) groups excluding carboxylic acids is 1. The molecule has 1 aromatic carbocycles. The van der Waals surface area contributed by atoms with E-state index >= 15 is 0 Å². The first kappa shape index (κ1) is 11.7. The van der Waals surface area contributed by atoms with Gasteiger partial charge in [0.25, 0.3) is 0 Å². The molecule has 0 radical (unpaired) electrons. The highest BCUT2D eigenvalue weighted by atomic mass is 16.3. The van der Waals surface area contributed by atoms with Crippen molar-refractivity contribution in [2.75, 3.05) is 0 Å². The molecule has 0 heterocycles. The van der Waals surface area contributed by atoms with Crippen molar-refractivity contribution in [2.24, 2.45) is 0 Å². The van der Waals surface area contributed by atoms with Crippen LogP contribution < -0.4 is 0 Å². The lowest BCUT2D eigenvalue weighted by Gasteiger charge is -2.01. The molecular weight excluding hydrogens is 188 g/mol. The summed E-state index contributed by atoms with van der Waals surface area (Å²) in [5, 5.41) is 9.41. The average molecular weight is 204 g/mol. The first-order valence-electron chi connectivity index (χ1n) is 5.19. The minimum absolute atomic E-state index is 0.0641. The molecule has 1 rings (SSSR count). The Kier molecular flexibility index (Phi) is 4.78. The lowest BCUT2D eigenvalue weighted by molar-refractivity contribution is 0.104. The topological polar surface area (TPSA) is 37.3 Å². The number of ketones is 1. The van der Waals surface area contributed by atoms with E-state index in [2.05, 4.69) is 0 Å². The monoisotopic (exact) mass is 204 g/mol. The Balaban J connectivity index is 2.56. The second-order valence-corrected chi connectivity index (χ2v) is 3.45. The molecule has 0 saturated heterocycles. The smallest absolute Gasteiger partial charge is 0.185 e. The van der Waals surface area contributed by atoms with Crippen molar-refractivity contribution in [3.63, 3.8) is 0 Å². The highest BCUT2D eigenvalue weighted by Crippen LogP contribution is 2.03. The van der Waals surface area contributed by atoms with E-state index < -0.39 is 6.10 Å². The van der Waals surface area contributed by atoms with Gasteiger partial charge in [-0.05, 0) is 12.5 Å². The fraction of sp³-hybridized carbons (Fsp3) is 0.308. The molecule has 0 aliphatic rings. The lowest BCUT2D eigenvalue weighted by Crippen LogP contribution is -2.02. The molecule has 0 saturated carbocycles. The van der Waals surface area contributed by atoms with E-state index in [1.165, 1.54) is 6.08 Å². The van der Waals surface area contributed by atoms with Crippen molar-refractivity contribution in [3.8, 4) is 0 Å². The number of aliphatic hydroxyl groups excluding tert-OH is 1. The minimum atomic E-state index is -0.511. The van der Waals surface area contributed by atoms with Crippen LogP contribution in [0.3, 0.4) is 0 Å². The van der Waals surface area contributed by atoms with Gasteiger partial charge in [-0.25, -0.2) is 0 Å². The number of carbonyl (C=O) groups is 1. The van der Waals surface area contributed by atoms with Crippen LogP contribution in [0.4, 0.5) is 0 Å². The molecule has 1 atom stereocenters. The molecule has 0 amide bonds. The normalized spacial score (nSPS) is 12.9. The third-order valence-corrected chi connectivity index (χ3v) is 2.11. The van der Waals surface area contributed by atoms with E-state index in [0.717, 1.165) is 6.42 Å². The zero-order valence-corrected chi connectivity index (χ0v) is 8.89. The van der Waals surface area contributed by atoms with Crippen molar-refractivity contribution >= 4 is 5.78 Å². The average Bonchev–Trinajstić information content (AvgIpc) is 2.27. The molecule has 1 unspecified atom stereocenters. The van der Waals surface area contributed by atoms with Gasteiger partial charge in [0.05, 0.1) is 6.10 Å². The summed E-state index contributed by atoms with van der Waals surface area (Å²) in [5.74, 6) is -0.0641. The quantitative estimate of drug-likeness (QED) is 0.591. The van der Waals surface area contributed by atoms with E-state index in [4.69, 9.17) is 0 Å². The van der Waals surface area contributed by atoms with Gasteiger partial charge in [-0.3, -0.25) is 4.79 Å². The predicted octanol–water partition coefficient (Wildman–Crippen LogP) is 2.59. The van der Waals surface area contributed by atoms with Gasteiger partial charge >= 0.3 is 0 Å². The molecular formula is C13H16O2. The van der Waals surface area contributed by atoms with Crippen LogP contribution in [0, 0.1) is 0 Å². The molecule has 0 aliphatic heterocycles. The summed E-state index contributed by atoms with van der Waals surface area (Å²) in [6.45, 7) is 2.00. The van der Waals surface area contributed by atoms with Crippen LogP contribution in [0.1, 0.15) is 30.1 Å². The fourth-order valence-corrected chi connectivity index (χ4v) is 1.29. The Labute approximate surface area is 90.3 Å². The number of allylic oxidation sites excluding steroid dienone is 1. The molecule has 1 N–H and O–H groups in total. The molecule has 2 heteroatoms. The molecule has 2 nitrogen and oxygen atoms in total. The van der Waals surface area contributed by atoms with Crippen molar-refractivity contribution in [2.45, 2.75) is 25.9 Å². The zero-order chi connectivity index (χ0) is 11.1. The van der Waals surface area contributed by atoms with E-state index in [0.29, 0.717) is 12.0 Å². The largest absolute Gasteiger partial charge is 0.389 e. The van der Waals surface area contributed by atoms with Crippen LogP contribution in [-0.4, -0.2) is 17.0 Å². The Hall–Kier alpha value is -1.41. The number of benzene rings is 1. The SMILES string of the molecule is CCCC(O)C=CC(=O)c1ccccc1. The summed E-state index contributed by atoms with van der Waals surface area (Å²) >= 11 is 0. The first-order valence-corrected chi connectivity index (χ1v) is 5.19. The maximum Gasteiger partial charge on any atom is 0.185 e. The third kappa shape index (κ3) is 4.09. The predicted molar refractivity (Wildman–Crippen MR) is 60.8 cm³/mol. The van der Waals surface area contributed by atoms with E-state index in [-0.39, 0.29) is 5.78 Å². The Morgan fingerprint density at radius 3 is 2.67 bits per heavy atom. The van der Waals surface area contributed by atoms with Crippen molar-refractivity contribution in [1.29, 1.82) is 0 Å². The van der Waals surface area contributed by atoms with E-state index in [9.17, 15) is 9.90 Å². The van der Waals surface area contributed by atoms with E-state index in [1.54, 1.807) is 18.2 Å². The lowest BCUT2D eigenvalue weighted by atomic mass is 10.1. The van der Waals surface area contributed by atoms with Gasteiger partial charge in [0, 0.05) is 5.56 Å². The number of hydrogen-bond acceptors (Lipinski definition) is 2. The van der Waals surface area contributed by atoms with Crippen LogP contribution in [0.25, 0.3) is 0 Å². The zero-order valence-electron chi connectivity index (χ0n) is 8.89. The standard InChI is InChI=1S/C13H16O2/c1-2-6-12(14)9-10-13(15)11-7-4-3-5-8-11/h3-5,7-10,12,14H,2,6H2,1H3. The van der Waals surface area contributed by atoms with E-state index in [1.807, 2.05) is 25.1 Å². The Bertz CT molecular complexity index is 328. The van der Waals surface area contributed by atoms with Crippen LogP contribution in [0.5, 0.6) is 0 Å². The van der Waals surface area contributed by atoms with Crippen LogP contribution >= 0.6 is 0 Å². The minimum Gasteiger partial charge on any atom is -0.389 e. The number of rotatable bonds is 5. The summed E-state index contributed by atoms with van der Waals surface area (Å²) < 4.78 is 0. The van der Waals surface area contributed by atoms with Gasteiger partial charge in [-0.15, -0.1) is 0 Å². The molecule has 0 aromatic heterocycles. The molecule has 1 aromatic rings. The van der Waals surface area contributed by atoms with Gasteiger partial charge in [0.1, 0.15) is 0 Å². The second kappa shape index (κ2) is 6.14.